The lowest BCUT2D eigenvalue weighted by atomic mass is 10.1. The average Bonchev–Trinajstić information content (AvgIpc) is 2.49. The minimum atomic E-state index is -4.34. The standard InChI is InChI=1S/C13H13F3N2O2S/c1-8-12(20)18(6-7-21-13(14,15)16)10-5-3-2-4-9(10)11(19)17-8/h2-5,8H,6-7H2,1H3,(H,17,19). The van der Waals surface area contributed by atoms with Crippen LogP contribution in [0, 0.1) is 0 Å². The van der Waals surface area contributed by atoms with Crippen LogP contribution in [-0.2, 0) is 4.79 Å². The van der Waals surface area contributed by atoms with Gasteiger partial charge in [-0.25, -0.2) is 0 Å². The molecular formula is C13H13F3N2O2S. The van der Waals surface area contributed by atoms with Gasteiger partial charge in [0.1, 0.15) is 6.04 Å². The molecule has 0 aliphatic carbocycles. The first-order chi connectivity index (χ1) is 9.79. The molecule has 1 aromatic carbocycles. The molecule has 1 aliphatic heterocycles. The number of rotatable bonds is 3. The fourth-order valence-electron chi connectivity index (χ4n) is 2.07. The molecule has 0 radical (unpaired) electrons. The molecule has 2 rings (SSSR count). The molecule has 0 saturated heterocycles. The number of carbonyl (C=O) groups is 2. The summed E-state index contributed by atoms with van der Waals surface area (Å²) in [4.78, 5) is 25.4. The molecule has 1 aromatic rings. The highest BCUT2D eigenvalue weighted by Gasteiger charge is 2.33. The monoisotopic (exact) mass is 318 g/mol. The van der Waals surface area contributed by atoms with E-state index < -0.39 is 23.4 Å². The lowest BCUT2D eigenvalue weighted by Gasteiger charge is -2.24. The SMILES string of the molecule is CC1NC(=O)c2ccccc2N(CCSC(F)(F)F)C1=O. The number of amides is 2. The van der Waals surface area contributed by atoms with E-state index in [0.29, 0.717) is 5.69 Å². The lowest BCUT2D eigenvalue weighted by Crippen LogP contribution is -2.44. The van der Waals surface area contributed by atoms with E-state index in [1.807, 2.05) is 0 Å². The zero-order chi connectivity index (χ0) is 15.6. The number of nitrogens with zero attached hydrogens (tertiary/aromatic N) is 1. The number of para-hydroxylation sites is 1. The molecule has 1 aliphatic rings. The molecule has 8 heteroatoms. The number of alkyl halides is 3. The van der Waals surface area contributed by atoms with Gasteiger partial charge in [-0.15, -0.1) is 0 Å². The molecule has 1 unspecified atom stereocenters. The van der Waals surface area contributed by atoms with E-state index >= 15 is 0 Å². The van der Waals surface area contributed by atoms with E-state index in [4.69, 9.17) is 0 Å². The summed E-state index contributed by atoms with van der Waals surface area (Å²) in [7, 11) is 0. The molecule has 2 amide bonds. The molecule has 0 spiro atoms. The molecule has 0 fully saturated rings. The van der Waals surface area contributed by atoms with Crippen LogP contribution in [0.15, 0.2) is 24.3 Å². The quantitative estimate of drug-likeness (QED) is 0.931. The van der Waals surface area contributed by atoms with Gasteiger partial charge in [-0.2, -0.15) is 13.2 Å². The van der Waals surface area contributed by atoms with E-state index in [1.165, 1.54) is 11.8 Å². The molecule has 114 valence electrons. The molecule has 21 heavy (non-hydrogen) atoms. The minimum Gasteiger partial charge on any atom is -0.340 e. The van der Waals surface area contributed by atoms with Crippen molar-refractivity contribution in [3.8, 4) is 0 Å². The predicted octanol–water partition coefficient (Wildman–Crippen LogP) is 2.40. The Balaban J connectivity index is 2.26. The van der Waals surface area contributed by atoms with Crippen molar-refractivity contribution in [2.75, 3.05) is 17.2 Å². The van der Waals surface area contributed by atoms with Crippen LogP contribution in [-0.4, -0.2) is 35.7 Å². The van der Waals surface area contributed by atoms with Crippen LogP contribution in [0.5, 0.6) is 0 Å². The van der Waals surface area contributed by atoms with Crippen molar-refractivity contribution in [1.82, 2.24) is 5.32 Å². The number of halogens is 3. The Morgan fingerprint density at radius 1 is 1.29 bits per heavy atom. The van der Waals surface area contributed by atoms with Gasteiger partial charge in [0, 0.05) is 12.3 Å². The topological polar surface area (TPSA) is 49.4 Å². The summed E-state index contributed by atoms with van der Waals surface area (Å²) in [6, 6.07) is 5.60. The second-order valence-electron chi connectivity index (χ2n) is 4.50. The van der Waals surface area contributed by atoms with E-state index in [0.717, 1.165) is 0 Å². The largest absolute Gasteiger partial charge is 0.441 e. The number of anilines is 1. The average molecular weight is 318 g/mol. The molecule has 4 nitrogen and oxygen atoms in total. The molecule has 1 atom stereocenters. The van der Waals surface area contributed by atoms with Crippen LogP contribution in [0.2, 0.25) is 0 Å². The van der Waals surface area contributed by atoms with Gasteiger partial charge in [0.2, 0.25) is 5.91 Å². The summed E-state index contributed by atoms with van der Waals surface area (Å²) in [5, 5.41) is 2.53. The maximum atomic E-state index is 12.2. The van der Waals surface area contributed by atoms with Crippen LogP contribution < -0.4 is 10.2 Å². The third-order valence-electron chi connectivity index (χ3n) is 3.00. The smallest absolute Gasteiger partial charge is 0.340 e. The maximum Gasteiger partial charge on any atom is 0.441 e. The normalized spacial score (nSPS) is 19.0. The van der Waals surface area contributed by atoms with Gasteiger partial charge in [0.25, 0.3) is 5.91 Å². The second kappa shape index (κ2) is 5.97. The Morgan fingerprint density at radius 3 is 2.62 bits per heavy atom. The summed E-state index contributed by atoms with van der Waals surface area (Å²) in [6.07, 6.45) is 0. The zero-order valence-electron chi connectivity index (χ0n) is 11.1. The summed E-state index contributed by atoms with van der Waals surface area (Å²) < 4.78 is 36.6. The first kappa shape index (κ1) is 15.7. The van der Waals surface area contributed by atoms with Gasteiger partial charge in [-0.3, -0.25) is 9.59 Å². The van der Waals surface area contributed by atoms with Gasteiger partial charge in [0.05, 0.1) is 11.3 Å². The van der Waals surface area contributed by atoms with Gasteiger partial charge < -0.3 is 10.2 Å². The number of thioether (sulfide) groups is 1. The molecule has 0 aromatic heterocycles. The molecule has 0 bridgehead atoms. The molecule has 1 heterocycles. The van der Waals surface area contributed by atoms with E-state index in [9.17, 15) is 22.8 Å². The molecule has 0 saturated carbocycles. The van der Waals surface area contributed by atoms with Crippen molar-refractivity contribution in [1.29, 1.82) is 0 Å². The van der Waals surface area contributed by atoms with Crippen molar-refractivity contribution in [3.05, 3.63) is 29.8 Å². The van der Waals surface area contributed by atoms with Crippen LogP contribution in [0.1, 0.15) is 17.3 Å². The van der Waals surface area contributed by atoms with Crippen molar-refractivity contribution >= 4 is 29.3 Å². The number of carbonyl (C=O) groups excluding carboxylic acids is 2. The number of hydrogen-bond acceptors (Lipinski definition) is 3. The fraction of sp³-hybridized carbons (Fsp3) is 0.385. The second-order valence-corrected chi connectivity index (χ2v) is 5.66. The zero-order valence-corrected chi connectivity index (χ0v) is 11.9. The highest BCUT2D eigenvalue weighted by Crippen LogP contribution is 2.31. The van der Waals surface area contributed by atoms with Crippen molar-refractivity contribution < 1.29 is 22.8 Å². The van der Waals surface area contributed by atoms with Gasteiger partial charge in [-0.05, 0) is 30.8 Å². The third-order valence-corrected chi connectivity index (χ3v) is 3.72. The predicted molar refractivity (Wildman–Crippen MR) is 74.2 cm³/mol. The fourth-order valence-corrected chi connectivity index (χ4v) is 2.58. The first-order valence-electron chi connectivity index (χ1n) is 6.21. The summed E-state index contributed by atoms with van der Waals surface area (Å²) >= 11 is -0.186. The Kier molecular flexibility index (Phi) is 4.46. The van der Waals surface area contributed by atoms with Crippen LogP contribution in [0.4, 0.5) is 18.9 Å². The Bertz CT molecular complexity index is 563. The lowest BCUT2D eigenvalue weighted by molar-refractivity contribution is -0.119. The first-order valence-corrected chi connectivity index (χ1v) is 7.20. The Hall–Kier alpha value is -1.70. The number of nitrogens with one attached hydrogen (secondary N) is 1. The number of hydrogen-bond donors (Lipinski definition) is 1. The van der Waals surface area contributed by atoms with Crippen LogP contribution in [0.25, 0.3) is 0 Å². The molecular weight excluding hydrogens is 305 g/mol. The highest BCUT2D eigenvalue weighted by atomic mass is 32.2. The minimum absolute atomic E-state index is 0.112. The maximum absolute atomic E-state index is 12.2. The summed E-state index contributed by atoms with van der Waals surface area (Å²) in [5.41, 5.74) is -3.71. The summed E-state index contributed by atoms with van der Waals surface area (Å²) in [6.45, 7) is 1.40. The Morgan fingerprint density at radius 2 is 1.95 bits per heavy atom. The van der Waals surface area contributed by atoms with E-state index in [1.54, 1.807) is 24.3 Å². The van der Waals surface area contributed by atoms with Crippen molar-refractivity contribution in [2.45, 2.75) is 18.5 Å². The highest BCUT2D eigenvalue weighted by molar-refractivity contribution is 8.00. The van der Waals surface area contributed by atoms with Gasteiger partial charge in [0.15, 0.2) is 0 Å². The summed E-state index contributed by atoms with van der Waals surface area (Å²) in [5.74, 6) is -1.11. The number of benzene rings is 1. The van der Waals surface area contributed by atoms with Crippen molar-refractivity contribution in [3.63, 3.8) is 0 Å². The third kappa shape index (κ3) is 3.69. The van der Waals surface area contributed by atoms with Crippen LogP contribution >= 0.6 is 11.8 Å². The van der Waals surface area contributed by atoms with Gasteiger partial charge >= 0.3 is 5.51 Å². The van der Waals surface area contributed by atoms with E-state index in [2.05, 4.69) is 5.32 Å². The van der Waals surface area contributed by atoms with Gasteiger partial charge in [-0.1, -0.05) is 12.1 Å². The Labute approximate surface area is 123 Å². The van der Waals surface area contributed by atoms with Crippen LogP contribution in [0.3, 0.4) is 0 Å². The number of fused-ring (bicyclic) bond motifs is 1. The molecule has 1 N–H and O–H groups in total. The van der Waals surface area contributed by atoms with Crippen molar-refractivity contribution in [2.24, 2.45) is 0 Å². The van der Waals surface area contributed by atoms with E-state index in [-0.39, 0.29) is 29.6 Å².